The van der Waals surface area contributed by atoms with Crippen LogP contribution in [0, 0.1) is 0 Å². The zero-order chi connectivity index (χ0) is 71.3. The molecule has 3 fully saturated rings. The van der Waals surface area contributed by atoms with E-state index in [2.05, 4.69) is 123 Å². The summed E-state index contributed by atoms with van der Waals surface area (Å²) in [5.41, 5.74) is 34.4. The highest BCUT2D eigenvalue weighted by atomic mass is 15.4. The minimum atomic E-state index is -0.235. The maximum absolute atomic E-state index is 6.39. The Labute approximate surface area is 604 Å². The second-order valence-corrected chi connectivity index (χ2v) is 26.2. The molecule has 3 aliphatic heterocycles. The van der Waals surface area contributed by atoms with Gasteiger partial charge in [-0.05, 0) is 34.9 Å². The number of piperazine rings is 3. The van der Waals surface area contributed by atoms with E-state index in [0.717, 1.165) is 197 Å². The summed E-state index contributed by atoms with van der Waals surface area (Å²) in [6.07, 6.45) is 33.5. The van der Waals surface area contributed by atoms with E-state index in [1.807, 2.05) is 219 Å². The lowest BCUT2D eigenvalue weighted by Gasteiger charge is -2.35. The molecule has 18 rings (SSSR count). The third-order valence-electron chi connectivity index (χ3n) is 19.4. The summed E-state index contributed by atoms with van der Waals surface area (Å²) in [6.45, 7) is 9.70. The Bertz CT molecular complexity index is 4830. The summed E-state index contributed by atoms with van der Waals surface area (Å²) in [6, 6.07) is 35.7. The van der Waals surface area contributed by atoms with E-state index in [4.69, 9.17) is 17.2 Å². The monoisotopic (exact) mass is 1400 g/mol. The van der Waals surface area contributed by atoms with Crippen molar-refractivity contribution < 1.29 is 0 Å². The van der Waals surface area contributed by atoms with Gasteiger partial charge in [0.25, 0.3) is 0 Å². The fourth-order valence-electron chi connectivity index (χ4n) is 13.5. The Morgan fingerprint density at radius 2 is 0.514 bits per heavy atom. The number of hydrogen-bond acceptors (Lipinski definition) is 24. The molecule has 6 N–H and O–H groups in total. The molecule has 0 saturated carbocycles. The first-order valence-electron chi connectivity index (χ1n) is 34.8. The molecule has 3 saturated heterocycles. The van der Waals surface area contributed by atoms with Crippen LogP contribution < -0.4 is 46.6 Å². The molecule has 1 unspecified atom stereocenters. The summed E-state index contributed by atoms with van der Waals surface area (Å²) in [4.78, 5) is 55.0. The molecular weight excluding hydrogens is 1320 g/mol. The number of fused-ring (bicyclic) bond motifs is 3. The quantitative estimate of drug-likeness (QED) is 0.0941. The van der Waals surface area contributed by atoms with Gasteiger partial charge in [-0.1, -0.05) is 91.0 Å². The van der Waals surface area contributed by atoms with Crippen LogP contribution in [-0.2, 0) is 21.1 Å². The number of nitrogens with zero attached hydrogens (tertiary/aromatic N) is 27. The van der Waals surface area contributed by atoms with Crippen LogP contribution in [0.5, 0.6) is 0 Å². The van der Waals surface area contributed by atoms with Gasteiger partial charge in [-0.3, -0.25) is 14.0 Å². The minimum Gasteiger partial charge on any atom is -0.351 e. The second kappa shape index (κ2) is 29.6. The zero-order valence-corrected chi connectivity index (χ0v) is 58.3. The number of aryl methyl sites for hydroxylation is 3. The molecule has 15 aromatic rings. The molecule has 0 spiro atoms. The third-order valence-corrected chi connectivity index (χ3v) is 19.4. The van der Waals surface area contributed by atoms with Crippen molar-refractivity contribution in [3.63, 3.8) is 0 Å². The molecular formula is C75H78N30. The molecule has 30 heteroatoms. The van der Waals surface area contributed by atoms with Crippen LogP contribution in [0.25, 0.3) is 49.9 Å². The SMILES string of the molecule is Cn1cc(-c2cc3c(N4CCN(c5ncc(C(N)c6ccccc6)cn5)CC4)ncnn3c2)cn1.Cn1cc(-c2cc3c(N4CCN(c5ncc([C@@H](N)c6ccccc6)cn5)CC4)ncnn3c2)cn1.Cn1cc(-c2cc3c(N4CCN(c5ncc([C@H](N)c6ccccc6)cn5)CC4)ncnn3c2)cn1. The van der Waals surface area contributed by atoms with Gasteiger partial charge in [-0.2, -0.15) is 30.6 Å². The third kappa shape index (κ3) is 14.4. The van der Waals surface area contributed by atoms with E-state index in [1.54, 1.807) is 33.0 Å². The van der Waals surface area contributed by atoms with Crippen LogP contribution in [0.4, 0.5) is 35.3 Å². The van der Waals surface area contributed by atoms with Crippen LogP contribution in [0.1, 0.15) is 51.5 Å². The van der Waals surface area contributed by atoms with Gasteiger partial charge in [0.05, 0.1) is 36.7 Å². The van der Waals surface area contributed by atoms with Crippen LogP contribution >= 0.6 is 0 Å². The van der Waals surface area contributed by atoms with Crippen molar-refractivity contribution in [3.8, 4) is 33.4 Å². The summed E-state index contributed by atoms with van der Waals surface area (Å²) < 4.78 is 11.0. The topological polar surface area (TPSA) is 319 Å². The van der Waals surface area contributed by atoms with Gasteiger partial charge >= 0.3 is 0 Å². The molecule has 3 aromatic carbocycles. The van der Waals surface area contributed by atoms with Gasteiger partial charge < -0.3 is 46.6 Å². The van der Waals surface area contributed by atoms with Crippen LogP contribution in [0.2, 0.25) is 0 Å². The van der Waals surface area contributed by atoms with Gasteiger partial charge in [0, 0.05) is 224 Å². The number of rotatable bonds is 15. The molecule has 0 radical (unpaired) electrons. The predicted octanol–water partition coefficient (Wildman–Crippen LogP) is 6.88. The fraction of sp³-hybridized carbons (Fsp3) is 0.240. The van der Waals surface area contributed by atoms with Crippen LogP contribution in [0.3, 0.4) is 0 Å². The highest BCUT2D eigenvalue weighted by molar-refractivity contribution is 5.80. The maximum atomic E-state index is 6.39. The molecule has 0 bridgehead atoms. The molecule has 12 aromatic heterocycles. The number of hydrogen-bond donors (Lipinski definition) is 3. The van der Waals surface area contributed by atoms with E-state index < -0.39 is 0 Å². The predicted molar refractivity (Wildman–Crippen MR) is 402 cm³/mol. The Morgan fingerprint density at radius 1 is 0.267 bits per heavy atom. The number of aromatic nitrogens is 21. The van der Waals surface area contributed by atoms with Crippen molar-refractivity contribution in [3.05, 3.63) is 255 Å². The van der Waals surface area contributed by atoms with Crippen molar-refractivity contribution in [2.24, 2.45) is 38.3 Å². The van der Waals surface area contributed by atoms with E-state index in [1.165, 1.54) is 0 Å². The minimum absolute atomic E-state index is 0.235. The Morgan fingerprint density at radius 3 is 0.752 bits per heavy atom. The first-order chi connectivity index (χ1) is 51.5. The van der Waals surface area contributed by atoms with Gasteiger partial charge in [0.1, 0.15) is 35.5 Å². The Kier molecular flexibility index (Phi) is 18.8. The summed E-state index contributed by atoms with van der Waals surface area (Å²) in [5.74, 6) is 4.97. The van der Waals surface area contributed by atoms with Crippen molar-refractivity contribution >= 4 is 51.8 Å². The van der Waals surface area contributed by atoms with Gasteiger partial charge in [-0.25, -0.2) is 58.4 Å². The van der Waals surface area contributed by atoms with E-state index in [9.17, 15) is 0 Å². The Balaban J connectivity index is 0.000000121. The van der Waals surface area contributed by atoms with Crippen molar-refractivity contribution in [2.45, 2.75) is 18.1 Å². The average Bonchev–Trinajstić information content (AvgIpc) is 1.69. The van der Waals surface area contributed by atoms with Gasteiger partial charge in [0.2, 0.25) is 17.8 Å². The first-order valence-corrected chi connectivity index (χ1v) is 34.8. The fourth-order valence-corrected chi connectivity index (χ4v) is 13.5. The molecule has 15 heterocycles. The highest BCUT2D eigenvalue weighted by Gasteiger charge is 2.27. The van der Waals surface area contributed by atoms with Gasteiger partial charge in [0.15, 0.2) is 17.5 Å². The molecule has 30 nitrogen and oxygen atoms in total. The van der Waals surface area contributed by atoms with Crippen molar-refractivity contribution in [1.82, 2.24) is 103 Å². The molecule has 528 valence electrons. The second-order valence-electron chi connectivity index (χ2n) is 26.2. The maximum Gasteiger partial charge on any atom is 0.225 e. The Hall–Kier alpha value is -12.9. The van der Waals surface area contributed by atoms with E-state index >= 15 is 0 Å². The summed E-state index contributed by atoms with van der Waals surface area (Å²) >= 11 is 0. The number of benzene rings is 3. The summed E-state index contributed by atoms with van der Waals surface area (Å²) in [7, 11) is 5.75. The molecule has 3 atom stereocenters. The number of anilines is 6. The highest BCUT2D eigenvalue weighted by Crippen LogP contribution is 2.32. The van der Waals surface area contributed by atoms with E-state index in [0.29, 0.717) is 0 Å². The first kappa shape index (κ1) is 66.6. The molecule has 105 heavy (non-hydrogen) atoms. The zero-order valence-electron chi connectivity index (χ0n) is 58.3. The van der Waals surface area contributed by atoms with Crippen molar-refractivity contribution in [1.29, 1.82) is 0 Å². The van der Waals surface area contributed by atoms with Crippen LogP contribution in [0.15, 0.2) is 221 Å². The van der Waals surface area contributed by atoms with E-state index in [-0.39, 0.29) is 18.1 Å². The lowest BCUT2D eigenvalue weighted by molar-refractivity contribution is 0.632. The largest absolute Gasteiger partial charge is 0.351 e. The lowest BCUT2D eigenvalue weighted by Crippen LogP contribution is -2.47. The summed E-state index contributed by atoms with van der Waals surface area (Å²) in [5, 5.41) is 26.1. The smallest absolute Gasteiger partial charge is 0.225 e. The van der Waals surface area contributed by atoms with Crippen LogP contribution in [-0.4, -0.2) is 182 Å². The lowest BCUT2D eigenvalue weighted by atomic mass is 10.0. The molecule has 0 aliphatic carbocycles. The average molecular weight is 1400 g/mol. The normalized spacial score (nSPS) is 15.0. The standard InChI is InChI=1S/3C25H26N10/c3*1-32-15-21(14-30-32)19-11-22-24(29-17-31-35(22)16-19)33-7-9-34(10-8-33)25-27-12-20(13-28-25)23(26)18-5-3-2-4-6-18/h3*2-6,11-17,23H,7-10,26H2,1H3/t2*23-;/m10./s1. The molecule has 3 aliphatic rings. The molecule has 0 amide bonds. The van der Waals surface area contributed by atoms with Gasteiger partial charge in [-0.15, -0.1) is 0 Å². The number of nitrogens with two attached hydrogens (primary N) is 3. The van der Waals surface area contributed by atoms with Crippen molar-refractivity contribution in [2.75, 3.05) is 108 Å².